The largest absolute Gasteiger partial charge is 0.481 e. The van der Waals surface area contributed by atoms with Crippen molar-refractivity contribution in [3.63, 3.8) is 0 Å². The topological polar surface area (TPSA) is 73.7 Å². The van der Waals surface area contributed by atoms with Crippen LogP contribution in [0.1, 0.15) is 12.1 Å². The minimum absolute atomic E-state index is 0.174. The first-order valence-corrected chi connectivity index (χ1v) is 7.94. The summed E-state index contributed by atoms with van der Waals surface area (Å²) in [5.74, 6) is -2.17. The second kappa shape index (κ2) is 5.66. The van der Waals surface area contributed by atoms with Crippen molar-refractivity contribution < 1.29 is 27.9 Å². The lowest BCUT2D eigenvalue weighted by atomic mass is 10.2. The van der Waals surface area contributed by atoms with Gasteiger partial charge in [-0.15, -0.1) is 11.3 Å². The summed E-state index contributed by atoms with van der Waals surface area (Å²) in [6.45, 7) is 1.51. The van der Waals surface area contributed by atoms with Crippen LogP contribution >= 0.6 is 11.3 Å². The van der Waals surface area contributed by atoms with Gasteiger partial charge >= 0.3 is 12.1 Å². The van der Waals surface area contributed by atoms with Crippen molar-refractivity contribution in [2.24, 2.45) is 11.8 Å². The number of nitrogens with zero attached hydrogens (tertiary/aromatic N) is 3. The highest BCUT2D eigenvalue weighted by molar-refractivity contribution is 7.13. The number of aromatic nitrogens is 1. The van der Waals surface area contributed by atoms with Crippen LogP contribution in [0.3, 0.4) is 0 Å². The van der Waals surface area contributed by atoms with Gasteiger partial charge in [0.25, 0.3) is 0 Å². The van der Waals surface area contributed by atoms with Gasteiger partial charge in [0, 0.05) is 31.6 Å². The molecule has 1 saturated heterocycles. The van der Waals surface area contributed by atoms with E-state index in [2.05, 4.69) is 4.98 Å². The molecule has 2 atom stereocenters. The summed E-state index contributed by atoms with van der Waals surface area (Å²) in [6.07, 6.45) is -4.08. The number of carboxylic acids is 1. The quantitative estimate of drug-likeness (QED) is 0.896. The van der Waals surface area contributed by atoms with Crippen LogP contribution in [0, 0.1) is 11.8 Å². The van der Waals surface area contributed by atoms with Crippen LogP contribution in [0.5, 0.6) is 0 Å². The van der Waals surface area contributed by atoms with Gasteiger partial charge in [-0.2, -0.15) is 13.2 Å². The summed E-state index contributed by atoms with van der Waals surface area (Å²) in [5.41, 5.74) is -0.904. The van der Waals surface area contributed by atoms with Gasteiger partial charge in [-0.05, 0) is 6.42 Å². The van der Waals surface area contributed by atoms with E-state index in [-0.39, 0.29) is 5.91 Å². The molecule has 0 radical (unpaired) electrons. The maximum atomic E-state index is 12.6. The van der Waals surface area contributed by atoms with Crippen molar-refractivity contribution in [3.05, 3.63) is 11.1 Å². The van der Waals surface area contributed by atoms with E-state index >= 15 is 0 Å². The number of halogens is 3. The summed E-state index contributed by atoms with van der Waals surface area (Å²) in [5, 5.41) is 10.1. The Balaban J connectivity index is 1.55. The number of amides is 1. The van der Waals surface area contributed by atoms with Gasteiger partial charge in [0.05, 0.1) is 11.8 Å². The molecule has 2 aliphatic rings. The Morgan fingerprint density at radius 3 is 2.35 bits per heavy atom. The fraction of sp³-hybridized carbons (Fsp3) is 0.615. The Morgan fingerprint density at radius 2 is 1.87 bits per heavy atom. The van der Waals surface area contributed by atoms with E-state index < -0.39 is 29.7 Å². The van der Waals surface area contributed by atoms with Gasteiger partial charge in [-0.3, -0.25) is 9.59 Å². The van der Waals surface area contributed by atoms with Crippen LogP contribution in [0.2, 0.25) is 0 Å². The minimum atomic E-state index is -4.45. The zero-order chi connectivity index (χ0) is 16.8. The van der Waals surface area contributed by atoms with Crippen LogP contribution in [-0.2, 0) is 15.8 Å². The van der Waals surface area contributed by atoms with E-state index in [1.807, 2.05) is 0 Å². The number of rotatable bonds is 3. The molecule has 1 aromatic rings. The Kier molecular flexibility index (Phi) is 3.95. The third kappa shape index (κ3) is 3.26. The van der Waals surface area contributed by atoms with Crippen molar-refractivity contribution in [3.8, 4) is 0 Å². The molecule has 1 aromatic heterocycles. The van der Waals surface area contributed by atoms with Gasteiger partial charge in [0.15, 0.2) is 10.8 Å². The molecule has 0 unspecified atom stereocenters. The standard InChI is InChI=1S/C13H14F3N3O3S/c14-13(15,16)9-6-23-12(17-9)19-3-1-18(2-4-19)10(20)7-5-8(7)11(21)22/h6-8H,1-5H2,(H,21,22)/t7-,8-/m1/s1. The number of carboxylic acid groups (broad SMARTS) is 1. The van der Waals surface area contributed by atoms with E-state index in [1.165, 1.54) is 0 Å². The minimum Gasteiger partial charge on any atom is -0.481 e. The molecule has 0 bridgehead atoms. The molecule has 6 nitrogen and oxygen atoms in total. The molecule has 1 aliphatic carbocycles. The molecule has 1 saturated carbocycles. The summed E-state index contributed by atoms with van der Waals surface area (Å²) >= 11 is 0.929. The molecule has 1 aliphatic heterocycles. The Morgan fingerprint density at radius 1 is 1.22 bits per heavy atom. The third-order valence-electron chi connectivity index (χ3n) is 4.07. The first kappa shape index (κ1) is 16.0. The molecular weight excluding hydrogens is 335 g/mol. The summed E-state index contributed by atoms with van der Waals surface area (Å²) < 4.78 is 37.7. The molecule has 23 heavy (non-hydrogen) atoms. The fourth-order valence-corrected chi connectivity index (χ4v) is 3.52. The molecular formula is C13H14F3N3O3S. The van der Waals surface area contributed by atoms with Crippen LogP contribution in [0.4, 0.5) is 18.3 Å². The van der Waals surface area contributed by atoms with Gasteiger partial charge in [0.1, 0.15) is 0 Å². The Hall–Kier alpha value is -1.84. The normalized spacial score (nSPS) is 24.7. The lowest BCUT2D eigenvalue weighted by Crippen LogP contribution is -2.49. The lowest BCUT2D eigenvalue weighted by Gasteiger charge is -2.34. The van der Waals surface area contributed by atoms with Crippen molar-refractivity contribution in [2.75, 3.05) is 31.1 Å². The zero-order valence-electron chi connectivity index (χ0n) is 11.9. The van der Waals surface area contributed by atoms with Crippen LogP contribution < -0.4 is 4.90 Å². The molecule has 0 spiro atoms. The van der Waals surface area contributed by atoms with Crippen LogP contribution in [0.25, 0.3) is 0 Å². The number of aliphatic carboxylic acids is 1. The predicted molar refractivity (Wildman–Crippen MR) is 75.1 cm³/mol. The average molecular weight is 349 g/mol. The summed E-state index contributed by atoms with van der Waals surface area (Å²) in [6, 6.07) is 0. The second-order valence-corrected chi connectivity index (χ2v) is 6.45. The van der Waals surface area contributed by atoms with Gasteiger partial charge in [0.2, 0.25) is 5.91 Å². The first-order chi connectivity index (χ1) is 10.8. The molecule has 3 rings (SSSR count). The Bertz CT molecular complexity index is 625. The maximum absolute atomic E-state index is 12.6. The molecule has 10 heteroatoms. The highest BCUT2D eigenvalue weighted by atomic mass is 32.1. The van der Waals surface area contributed by atoms with Crippen molar-refractivity contribution >= 4 is 28.3 Å². The first-order valence-electron chi connectivity index (χ1n) is 7.06. The van der Waals surface area contributed by atoms with E-state index in [0.29, 0.717) is 37.7 Å². The van der Waals surface area contributed by atoms with Crippen LogP contribution in [-0.4, -0.2) is 53.0 Å². The SMILES string of the molecule is O=C(O)[C@@H]1C[C@H]1C(=O)N1CCN(c2nc(C(F)(F)F)cs2)CC1. The average Bonchev–Trinajstić information content (AvgIpc) is 3.14. The molecule has 2 heterocycles. The van der Waals surface area contributed by atoms with Gasteiger partial charge in [-0.1, -0.05) is 0 Å². The molecule has 1 N–H and O–H groups in total. The van der Waals surface area contributed by atoms with Crippen molar-refractivity contribution in [2.45, 2.75) is 12.6 Å². The van der Waals surface area contributed by atoms with Gasteiger partial charge in [-0.25, -0.2) is 4.98 Å². The highest BCUT2D eigenvalue weighted by Crippen LogP contribution is 2.40. The van der Waals surface area contributed by atoms with E-state index in [0.717, 1.165) is 16.7 Å². The molecule has 2 fully saturated rings. The monoisotopic (exact) mass is 349 g/mol. The zero-order valence-corrected chi connectivity index (χ0v) is 12.7. The van der Waals surface area contributed by atoms with E-state index in [9.17, 15) is 22.8 Å². The number of hydrogen-bond donors (Lipinski definition) is 1. The smallest absolute Gasteiger partial charge is 0.434 e. The predicted octanol–water partition coefficient (Wildman–Crippen LogP) is 1.53. The number of hydrogen-bond acceptors (Lipinski definition) is 5. The summed E-state index contributed by atoms with van der Waals surface area (Å²) in [7, 11) is 0. The molecule has 1 amide bonds. The van der Waals surface area contributed by atoms with E-state index in [1.54, 1.807) is 9.80 Å². The Labute approximate surface area is 133 Å². The number of carbonyl (C=O) groups excluding carboxylic acids is 1. The highest BCUT2D eigenvalue weighted by Gasteiger charge is 2.50. The second-order valence-electron chi connectivity index (χ2n) is 5.61. The fourth-order valence-electron chi connectivity index (χ4n) is 2.63. The van der Waals surface area contributed by atoms with Crippen molar-refractivity contribution in [1.29, 1.82) is 0 Å². The number of piperazine rings is 1. The van der Waals surface area contributed by atoms with Crippen LogP contribution in [0.15, 0.2) is 5.38 Å². The molecule has 126 valence electrons. The third-order valence-corrected chi connectivity index (χ3v) is 4.97. The lowest BCUT2D eigenvalue weighted by molar-refractivity contribution is -0.142. The summed E-state index contributed by atoms with van der Waals surface area (Å²) in [4.78, 5) is 29.8. The molecule has 0 aromatic carbocycles. The van der Waals surface area contributed by atoms with E-state index in [4.69, 9.17) is 5.11 Å². The number of thiazole rings is 1. The van der Waals surface area contributed by atoms with Gasteiger partial charge < -0.3 is 14.9 Å². The number of carbonyl (C=O) groups is 2. The number of anilines is 1. The maximum Gasteiger partial charge on any atom is 0.434 e. The number of alkyl halides is 3. The van der Waals surface area contributed by atoms with Crippen molar-refractivity contribution in [1.82, 2.24) is 9.88 Å².